The second-order valence-electron chi connectivity index (χ2n) is 4.85. The molecule has 2 heterocycles. The average Bonchev–Trinajstić information content (AvgIpc) is 3.19. The summed E-state index contributed by atoms with van der Waals surface area (Å²) in [5.74, 6) is -0.223. The summed E-state index contributed by atoms with van der Waals surface area (Å²) in [6.45, 7) is 4.38. The topological polar surface area (TPSA) is 96.3 Å². The zero-order chi connectivity index (χ0) is 16.5. The van der Waals surface area contributed by atoms with Gasteiger partial charge in [-0.1, -0.05) is 6.92 Å². The first-order valence-electron chi connectivity index (χ1n) is 7.45. The number of nitrogens with one attached hydrogen (secondary N) is 3. The van der Waals surface area contributed by atoms with Crippen molar-refractivity contribution in [3.63, 3.8) is 0 Å². The predicted octanol–water partition coefficient (Wildman–Crippen LogP) is 1.65. The van der Waals surface area contributed by atoms with Crippen LogP contribution >= 0.6 is 11.3 Å². The largest absolute Gasteiger partial charge is 0.459 e. The van der Waals surface area contributed by atoms with Gasteiger partial charge in [0.2, 0.25) is 5.91 Å². The van der Waals surface area contributed by atoms with E-state index in [2.05, 4.69) is 27.9 Å². The van der Waals surface area contributed by atoms with E-state index in [1.54, 1.807) is 17.5 Å². The van der Waals surface area contributed by atoms with Gasteiger partial charge in [0.25, 0.3) is 5.91 Å². The van der Waals surface area contributed by atoms with Gasteiger partial charge in [-0.05, 0) is 25.1 Å². The normalized spacial score (nSPS) is 10.5. The van der Waals surface area contributed by atoms with E-state index in [1.165, 1.54) is 17.6 Å². The van der Waals surface area contributed by atoms with Crippen LogP contribution in [0, 0.1) is 0 Å². The Morgan fingerprint density at radius 2 is 2.17 bits per heavy atom. The number of aromatic nitrogens is 1. The molecule has 2 aromatic heterocycles. The van der Waals surface area contributed by atoms with E-state index >= 15 is 0 Å². The summed E-state index contributed by atoms with van der Waals surface area (Å²) in [7, 11) is 0. The van der Waals surface area contributed by atoms with Gasteiger partial charge in [-0.15, -0.1) is 11.3 Å². The van der Waals surface area contributed by atoms with Gasteiger partial charge in [-0.2, -0.15) is 0 Å². The van der Waals surface area contributed by atoms with Crippen LogP contribution < -0.4 is 16.0 Å². The molecule has 0 aliphatic heterocycles. The minimum atomic E-state index is -0.359. The van der Waals surface area contributed by atoms with Gasteiger partial charge in [0.15, 0.2) is 10.9 Å². The number of rotatable bonds is 9. The number of amides is 2. The van der Waals surface area contributed by atoms with E-state index in [0.717, 1.165) is 19.5 Å². The Hall–Kier alpha value is -2.19. The van der Waals surface area contributed by atoms with Crippen molar-refractivity contribution in [1.29, 1.82) is 0 Å². The molecule has 0 aliphatic carbocycles. The zero-order valence-corrected chi connectivity index (χ0v) is 13.7. The second kappa shape index (κ2) is 9.06. The van der Waals surface area contributed by atoms with Crippen molar-refractivity contribution < 1.29 is 14.0 Å². The standard InChI is InChI=1S/C15H20N4O3S/c1-2-5-16-6-7-17-13(20)9-11-10-23-15(18-11)19-14(21)12-4-3-8-22-12/h3-4,8,10,16H,2,5-7,9H2,1H3,(H,17,20)(H,18,19,21). The maximum absolute atomic E-state index is 11.8. The van der Waals surface area contributed by atoms with Gasteiger partial charge >= 0.3 is 0 Å². The maximum atomic E-state index is 11.8. The molecular formula is C15H20N4O3S. The lowest BCUT2D eigenvalue weighted by molar-refractivity contribution is -0.120. The van der Waals surface area contributed by atoms with Crippen molar-refractivity contribution in [2.45, 2.75) is 19.8 Å². The number of nitrogens with zero attached hydrogens (tertiary/aromatic N) is 1. The molecule has 0 saturated heterocycles. The first-order valence-corrected chi connectivity index (χ1v) is 8.33. The van der Waals surface area contributed by atoms with E-state index in [4.69, 9.17) is 4.42 Å². The van der Waals surface area contributed by atoms with Crippen molar-refractivity contribution in [3.05, 3.63) is 35.2 Å². The Morgan fingerprint density at radius 1 is 1.30 bits per heavy atom. The first kappa shape index (κ1) is 17.2. The third kappa shape index (κ3) is 5.84. The summed E-state index contributed by atoms with van der Waals surface area (Å²) in [5, 5.41) is 10.9. The quantitative estimate of drug-likeness (QED) is 0.605. The van der Waals surface area contributed by atoms with Gasteiger partial charge in [-0.25, -0.2) is 4.98 Å². The fourth-order valence-electron chi connectivity index (χ4n) is 1.83. The molecule has 7 nitrogen and oxygen atoms in total. The molecular weight excluding hydrogens is 316 g/mol. The predicted molar refractivity (Wildman–Crippen MR) is 88.6 cm³/mol. The van der Waals surface area contributed by atoms with E-state index in [0.29, 0.717) is 17.4 Å². The lowest BCUT2D eigenvalue weighted by atomic mass is 10.3. The molecule has 23 heavy (non-hydrogen) atoms. The third-order valence-corrected chi connectivity index (χ3v) is 3.72. The molecule has 0 atom stereocenters. The number of anilines is 1. The van der Waals surface area contributed by atoms with Crippen molar-refractivity contribution in [2.24, 2.45) is 0 Å². The summed E-state index contributed by atoms with van der Waals surface area (Å²) in [4.78, 5) is 27.8. The van der Waals surface area contributed by atoms with Crippen molar-refractivity contribution in [3.8, 4) is 0 Å². The molecule has 0 aromatic carbocycles. The summed E-state index contributed by atoms with van der Waals surface area (Å²) in [6.07, 6.45) is 2.70. The Bertz CT molecular complexity index is 624. The smallest absolute Gasteiger partial charge is 0.293 e. The molecule has 0 fully saturated rings. The fourth-order valence-corrected chi connectivity index (χ4v) is 2.54. The van der Waals surface area contributed by atoms with Crippen LogP contribution in [0.1, 0.15) is 29.6 Å². The molecule has 0 bridgehead atoms. The minimum Gasteiger partial charge on any atom is -0.459 e. The molecule has 0 aliphatic rings. The molecule has 2 amide bonds. The highest BCUT2D eigenvalue weighted by Crippen LogP contribution is 2.17. The van der Waals surface area contributed by atoms with Crippen LogP contribution in [-0.4, -0.2) is 36.4 Å². The fraction of sp³-hybridized carbons (Fsp3) is 0.400. The number of carbonyl (C=O) groups is 2. The SMILES string of the molecule is CCCNCCNC(=O)Cc1csc(NC(=O)c2ccco2)n1. The van der Waals surface area contributed by atoms with Crippen molar-refractivity contribution in [2.75, 3.05) is 25.0 Å². The Balaban J connectivity index is 1.74. The monoisotopic (exact) mass is 336 g/mol. The van der Waals surface area contributed by atoms with Gasteiger partial charge in [0, 0.05) is 18.5 Å². The summed E-state index contributed by atoms with van der Waals surface area (Å²) in [5.41, 5.74) is 0.628. The van der Waals surface area contributed by atoms with E-state index in [9.17, 15) is 9.59 Å². The highest BCUT2D eigenvalue weighted by Gasteiger charge is 2.12. The number of thiazole rings is 1. The Labute approximate surface area is 138 Å². The highest BCUT2D eigenvalue weighted by atomic mass is 32.1. The number of carbonyl (C=O) groups excluding carboxylic acids is 2. The molecule has 2 rings (SSSR count). The van der Waals surface area contributed by atoms with E-state index in [-0.39, 0.29) is 24.0 Å². The lowest BCUT2D eigenvalue weighted by Crippen LogP contribution is -2.33. The van der Waals surface area contributed by atoms with E-state index in [1.807, 2.05) is 0 Å². The van der Waals surface area contributed by atoms with Crippen molar-refractivity contribution >= 4 is 28.3 Å². The Kier molecular flexibility index (Phi) is 6.76. The van der Waals surface area contributed by atoms with E-state index < -0.39 is 0 Å². The maximum Gasteiger partial charge on any atom is 0.293 e. The highest BCUT2D eigenvalue weighted by molar-refractivity contribution is 7.14. The van der Waals surface area contributed by atoms with Crippen LogP contribution in [0.4, 0.5) is 5.13 Å². The van der Waals surface area contributed by atoms with Gasteiger partial charge < -0.3 is 15.1 Å². The third-order valence-electron chi connectivity index (χ3n) is 2.91. The van der Waals surface area contributed by atoms with Crippen LogP contribution in [0.3, 0.4) is 0 Å². The second-order valence-corrected chi connectivity index (χ2v) is 5.71. The summed E-state index contributed by atoms with van der Waals surface area (Å²) < 4.78 is 5.01. The summed E-state index contributed by atoms with van der Waals surface area (Å²) >= 11 is 1.28. The number of furan rings is 1. The first-order chi connectivity index (χ1) is 11.2. The zero-order valence-electron chi connectivity index (χ0n) is 12.9. The van der Waals surface area contributed by atoms with Crippen LogP contribution in [0.2, 0.25) is 0 Å². The molecule has 0 saturated carbocycles. The summed E-state index contributed by atoms with van der Waals surface area (Å²) in [6, 6.07) is 3.21. The lowest BCUT2D eigenvalue weighted by Gasteiger charge is -2.04. The molecule has 8 heteroatoms. The van der Waals surface area contributed by atoms with Crippen LogP contribution in [0.25, 0.3) is 0 Å². The molecule has 0 spiro atoms. The molecule has 2 aromatic rings. The van der Waals surface area contributed by atoms with Crippen LogP contribution in [0.5, 0.6) is 0 Å². The van der Waals surface area contributed by atoms with Gasteiger partial charge in [-0.3, -0.25) is 14.9 Å². The van der Waals surface area contributed by atoms with Crippen LogP contribution in [0.15, 0.2) is 28.2 Å². The van der Waals surface area contributed by atoms with Gasteiger partial charge in [0.05, 0.1) is 18.4 Å². The van der Waals surface area contributed by atoms with Crippen LogP contribution in [-0.2, 0) is 11.2 Å². The molecule has 0 radical (unpaired) electrons. The molecule has 124 valence electrons. The number of hydrogen-bond acceptors (Lipinski definition) is 6. The molecule has 3 N–H and O–H groups in total. The minimum absolute atomic E-state index is 0.0856. The van der Waals surface area contributed by atoms with Crippen molar-refractivity contribution in [1.82, 2.24) is 15.6 Å². The van der Waals surface area contributed by atoms with Gasteiger partial charge in [0.1, 0.15) is 0 Å². The number of hydrogen-bond donors (Lipinski definition) is 3. The Morgan fingerprint density at radius 3 is 2.91 bits per heavy atom. The molecule has 0 unspecified atom stereocenters. The average molecular weight is 336 g/mol.